The van der Waals surface area contributed by atoms with Gasteiger partial charge in [-0.2, -0.15) is 0 Å². The van der Waals surface area contributed by atoms with E-state index in [-0.39, 0.29) is 11.7 Å². The average Bonchev–Trinajstić information content (AvgIpc) is 3.30. The van der Waals surface area contributed by atoms with Crippen molar-refractivity contribution in [3.8, 4) is 11.6 Å². The Morgan fingerprint density at radius 2 is 1.89 bits per heavy atom. The van der Waals surface area contributed by atoms with Gasteiger partial charge in [-0.25, -0.2) is 0 Å². The molecular weight excluding hydrogens is 360 g/mol. The largest absolute Gasteiger partial charge is 0.453 e. The molecule has 4 aromatic rings. The number of nitrogens with zero attached hydrogens (tertiary/aromatic N) is 3. The fourth-order valence-electron chi connectivity index (χ4n) is 2.80. The molecule has 0 fully saturated rings. The van der Waals surface area contributed by atoms with Crippen LogP contribution in [0.2, 0.25) is 0 Å². The van der Waals surface area contributed by atoms with Gasteiger partial charge in [-0.15, -0.1) is 10.2 Å². The third kappa shape index (κ3) is 3.73. The van der Waals surface area contributed by atoms with Gasteiger partial charge < -0.3 is 9.73 Å². The van der Waals surface area contributed by atoms with E-state index in [1.54, 1.807) is 0 Å². The van der Waals surface area contributed by atoms with Crippen molar-refractivity contribution >= 4 is 34.3 Å². The molecule has 136 valence electrons. The highest BCUT2D eigenvalue weighted by Crippen LogP contribution is 2.29. The van der Waals surface area contributed by atoms with E-state index in [4.69, 9.17) is 4.42 Å². The first-order valence-corrected chi connectivity index (χ1v) is 9.63. The minimum absolute atomic E-state index is 0.0814. The molecule has 2 aromatic heterocycles. The number of aromatic nitrogens is 3. The molecule has 0 radical (unpaired) electrons. The molecule has 0 unspecified atom stereocenters. The van der Waals surface area contributed by atoms with Gasteiger partial charge in [-0.1, -0.05) is 48.2 Å². The number of para-hydroxylation sites is 2. The van der Waals surface area contributed by atoms with Gasteiger partial charge >= 0.3 is 0 Å². The van der Waals surface area contributed by atoms with Gasteiger partial charge in [-0.05, 0) is 31.2 Å². The maximum absolute atomic E-state index is 12.2. The van der Waals surface area contributed by atoms with Crippen LogP contribution in [0.5, 0.6) is 0 Å². The number of rotatable bonds is 6. The van der Waals surface area contributed by atoms with Crippen LogP contribution in [0.3, 0.4) is 0 Å². The quantitative estimate of drug-likeness (QED) is 0.502. The van der Waals surface area contributed by atoms with Crippen LogP contribution in [0.4, 0.5) is 5.69 Å². The van der Waals surface area contributed by atoms with Crippen molar-refractivity contribution in [3.05, 3.63) is 60.7 Å². The van der Waals surface area contributed by atoms with Gasteiger partial charge in [0.25, 0.3) is 0 Å². The lowest BCUT2D eigenvalue weighted by Crippen LogP contribution is -2.14. The first-order chi connectivity index (χ1) is 13.2. The van der Waals surface area contributed by atoms with Crippen LogP contribution in [0, 0.1) is 0 Å². The number of carbonyl (C=O) groups excluding carboxylic acids is 1. The van der Waals surface area contributed by atoms with E-state index in [0.717, 1.165) is 16.7 Å². The number of thioether (sulfide) groups is 1. The summed E-state index contributed by atoms with van der Waals surface area (Å²) < 4.78 is 7.86. The molecule has 6 nitrogen and oxygen atoms in total. The summed E-state index contributed by atoms with van der Waals surface area (Å²) in [4.78, 5) is 12.2. The number of amides is 1. The third-order valence-corrected chi connectivity index (χ3v) is 5.04. The average molecular weight is 378 g/mol. The third-order valence-electron chi connectivity index (χ3n) is 4.07. The van der Waals surface area contributed by atoms with Gasteiger partial charge in [0, 0.05) is 17.6 Å². The minimum Gasteiger partial charge on any atom is -0.453 e. The van der Waals surface area contributed by atoms with Crippen molar-refractivity contribution in [1.29, 1.82) is 0 Å². The molecule has 0 aliphatic heterocycles. The van der Waals surface area contributed by atoms with Gasteiger partial charge in [-0.3, -0.25) is 9.36 Å². The summed E-state index contributed by atoms with van der Waals surface area (Å²) in [6.45, 7) is 2.70. The van der Waals surface area contributed by atoms with Crippen LogP contribution >= 0.6 is 11.8 Å². The van der Waals surface area contributed by atoms with E-state index in [9.17, 15) is 4.79 Å². The summed E-state index contributed by atoms with van der Waals surface area (Å²) in [7, 11) is 0. The fraction of sp³-hybridized carbons (Fsp3) is 0.150. The standard InChI is InChI=1S/C20H18N4O2S/c1-2-24-19(17-12-14-8-6-7-11-16(14)26-17)22-23-20(24)27-13-18(25)21-15-9-4-3-5-10-15/h3-12H,2,13H2,1H3,(H,21,25). The van der Waals surface area contributed by atoms with Crippen LogP contribution in [-0.2, 0) is 11.3 Å². The molecule has 1 N–H and O–H groups in total. The first kappa shape index (κ1) is 17.4. The summed E-state index contributed by atoms with van der Waals surface area (Å²) >= 11 is 1.36. The summed E-state index contributed by atoms with van der Waals surface area (Å²) in [5.74, 6) is 1.51. The molecular formula is C20H18N4O2S. The molecule has 27 heavy (non-hydrogen) atoms. The molecule has 1 amide bonds. The molecule has 2 heterocycles. The maximum Gasteiger partial charge on any atom is 0.234 e. The van der Waals surface area contributed by atoms with Crippen molar-refractivity contribution in [2.24, 2.45) is 0 Å². The van der Waals surface area contributed by atoms with Gasteiger partial charge in [0.1, 0.15) is 5.58 Å². The number of benzene rings is 2. The summed E-state index contributed by atoms with van der Waals surface area (Å²) in [5.41, 5.74) is 1.60. The predicted octanol–water partition coefficient (Wildman–Crippen LogP) is 4.44. The van der Waals surface area contributed by atoms with Crippen molar-refractivity contribution in [2.45, 2.75) is 18.6 Å². The van der Waals surface area contributed by atoms with Gasteiger partial charge in [0.2, 0.25) is 11.7 Å². The van der Waals surface area contributed by atoms with E-state index in [2.05, 4.69) is 15.5 Å². The second-order valence-electron chi connectivity index (χ2n) is 5.90. The van der Waals surface area contributed by atoms with E-state index in [1.165, 1.54) is 11.8 Å². The second-order valence-corrected chi connectivity index (χ2v) is 6.84. The van der Waals surface area contributed by atoms with Crippen molar-refractivity contribution in [1.82, 2.24) is 14.8 Å². The van der Waals surface area contributed by atoms with Gasteiger partial charge in [0.05, 0.1) is 5.75 Å². The molecule has 7 heteroatoms. The Balaban J connectivity index is 1.50. The van der Waals surface area contributed by atoms with Crippen LogP contribution in [0.1, 0.15) is 6.92 Å². The Morgan fingerprint density at radius 3 is 2.67 bits per heavy atom. The number of hydrogen-bond acceptors (Lipinski definition) is 5. The Morgan fingerprint density at radius 1 is 1.11 bits per heavy atom. The number of nitrogens with one attached hydrogen (secondary N) is 1. The molecule has 0 spiro atoms. The second kappa shape index (κ2) is 7.67. The smallest absolute Gasteiger partial charge is 0.234 e. The number of anilines is 1. The number of carbonyl (C=O) groups is 1. The lowest BCUT2D eigenvalue weighted by molar-refractivity contribution is -0.113. The van der Waals surface area contributed by atoms with E-state index < -0.39 is 0 Å². The van der Waals surface area contributed by atoms with Crippen LogP contribution in [-0.4, -0.2) is 26.4 Å². The Kier molecular flexibility index (Phi) is 4.93. The highest BCUT2D eigenvalue weighted by molar-refractivity contribution is 7.99. The van der Waals surface area contributed by atoms with Crippen LogP contribution < -0.4 is 5.32 Å². The summed E-state index contributed by atoms with van der Waals surface area (Å²) in [5, 5.41) is 13.1. The first-order valence-electron chi connectivity index (χ1n) is 8.64. The monoisotopic (exact) mass is 378 g/mol. The van der Waals surface area contributed by atoms with E-state index >= 15 is 0 Å². The number of furan rings is 1. The molecule has 2 aromatic carbocycles. The molecule has 0 atom stereocenters. The van der Waals surface area contributed by atoms with Gasteiger partial charge in [0.15, 0.2) is 10.9 Å². The lowest BCUT2D eigenvalue weighted by atomic mass is 10.2. The Bertz CT molecular complexity index is 1040. The van der Waals surface area contributed by atoms with Crippen molar-refractivity contribution in [2.75, 3.05) is 11.1 Å². The molecule has 0 aliphatic carbocycles. The summed E-state index contributed by atoms with van der Waals surface area (Å²) in [6, 6.07) is 19.2. The number of fused-ring (bicyclic) bond motifs is 1. The Hall–Kier alpha value is -3.06. The highest BCUT2D eigenvalue weighted by atomic mass is 32.2. The van der Waals surface area contributed by atoms with E-state index in [1.807, 2.05) is 72.2 Å². The molecule has 0 bridgehead atoms. The fourth-order valence-corrected chi connectivity index (χ4v) is 3.61. The molecule has 0 saturated carbocycles. The lowest BCUT2D eigenvalue weighted by Gasteiger charge is -2.06. The van der Waals surface area contributed by atoms with E-state index in [0.29, 0.717) is 23.3 Å². The molecule has 0 saturated heterocycles. The SMILES string of the molecule is CCn1c(SCC(=O)Nc2ccccc2)nnc1-c1cc2ccccc2o1. The molecule has 4 rings (SSSR count). The van der Waals surface area contributed by atoms with Crippen LogP contribution in [0.25, 0.3) is 22.6 Å². The predicted molar refractivity (Wildman–Crippen MR) is 107 cm³/mol. The minimum atomic E-state index is -0.0814. The maximum atomic E-state index is 12.2. The zero-order valence-electron chi connectivity index (χ0n) is 14.8. The topological polar surface area (TPSA) is 73.0 Å². The normalized spacial score (nSPS) is 11.0. The zero-order valence-corrected chi connectivity index (χ0v) is 15.6. The Labute approximate surface area is 160 Å². The van der Waals surface area contributed by atoms with Crippen LogP contribution in [0.15, 0.2) is 70.2 Å². The van der Waals surface area contributed by atoms with Crippen molar-refractivity contribution in [3.63, 3.8) is 0 Å². The summed E-state index contributed by atoms with van der Waals surface area (Å²) in [6.07, 6.45) is 0. The highest BCUT2D eigenvalue weighted by Gasteiger charge is 2.17. The van der Waals surface area contributed by atoms with Crippen molar-refractivity contribution < 1.29 is 9.21 Å². The number of hydrogen-bond donors (Lipinski definition) is 1. The molecule has 0 aliphatic rings. The zero-order chi connectivity index (χ0) is 18.6.